The number of para-hydroxylation sites is 1. The second-order valence-corrected chi connectivity index (χ2v) is 4.69. The van der Waals surface area contributed by atoms with Crippen LogP contribution < -0.4 is 14.8 Å². The second kappa shape index (κ2) is 5.96. The minimum Gasteiger partial charge on any atom is -0.493 e. The molecule has 4 nitrogen and oxygen atoms in total. The van der Waals surface area contributed by atoms with Crippen LogP contribution in [0.3, 0.4) is 0 Å². The Morgan fingerprint density at radius 2 is 1.83 bits per heavy atom. The van der Waals surface area contributed by atoms with Gasteiger partial charge in [0.05, 0.1) is 26.0 Å². The van der Waals surface area contributed by atoms with Gasteiger partial charge in [-0.25, -0.2) is 0 Å². The maximum Gasteiger partial charge on any atom is 0.183 e. The van der Waals surface area contributed by atoms with Crippen LogP contribution in [0.15, 0.2) is 18.2 Å². The SMILES string of the molecule is COc1cccc(NC2CCC(O)CC2)c1OC. The largest absolute Gasteiger partial charge is 0.493 e. The number of benzene rings is 1. The Bertz CT molecular complexity index is 387. The highest BCUT2D eigenvalue weighted by molar-refractivity contribution is 5.63. The molecule has 18 heavy (non-hydrogen) atoms. The van der Waals surface area contributed by atoms with E-state index in [1.54, 1.807) is 14.2 Å². The highest BCUT2D eigenvalue weighted by Crippen LogP contribution is 2.36. The topological polar surface area (TPSA) is 50.7 Å². The molecule has 1 fully saturated rings. The molecule has 1 aliphatic carbocycles. The fourth-order valence-corrected chi connectivity index (χ4v) is 2.44. The zero-order valence-corrected chi connectivity index (χ0v) is 11.0. The van der Waals surface area contributed by atoms with Crippen LogP contribution in [-0.4, -0.2) is 31.5 Å². The van der Waals surface area contributed by atoms with Crippen molar-refractivity contribution in [2.75, 3.05) is 19.5 Å². The van der Waals surface area contributed by atoms with Gasteiger partial charge in [-0.2, -0.15) is 0 Å². The third kappa shape index (κ3) is 2.88. The van der Waals surface area contributed by atoms with Crippen LogP contribution in [0.2, 0.25) is 0 Å². The predicted octanol–water partition coefficient (Wildman–Crippen LogP) is 2.42. The third-order valence-electron chi connectivity index (χ3n) is 3.46. The minimum atomic E-state index is -0.129. The van der Waals surface area contributed by atoms with Crippen LogP contribution in [0.25, 0.3) is 0 Å². The molecule has 0 aromatic heterocycles. The Labute approximate surface area is 108 Å². The van der Waals surface area contributed by atoms with E-state index in [9.17, 15) is 5.11 Å². The van der Waals surface area contributed by atoms with Crippen molar-refractivity contribution < 1.29 is 14.6 Å². The van der Waals surface area contributed by atoms with Crippen LogP contribution >= 0.6 is 0 Å². The summed E-state index contributed by atoms with van der Waals surface area (Å²) in [5.74, 6) is 1.48. The average Bonchev–Trinajstić information content (AvgIpc) is 2.41. The Balaban J connectivity index is 2.09. The number of ether oxygens (including phenoxy) is 2. The second-order valence-electron chi connectivity index (χ2n) is 4.69. The Hall–Kier alpha value is -1.42. The molecule has 0 amide bonds. The van der Waals surface area contributed by atoms with Crippen LogP contribution in [0.5, 0.6) is 11.5 Å². The zero-order valence-electron chi connectivity index (χ0n) is 11.0. The lowest BCUT2D eigenvalue weighted by Crippen LogP contribution is -2.28. The number of methoxy groups -OCH3 is 2. The number of anilines is 1. The first kappa shape index (κ1) is 13.0. The van der Waals surface area contributed by atoms with Crippen molar-refractivity contribution in [1.82, 2.24) is 0 Å². The van der Waals surface area contributed by atoms with Crippen LogP contribution in [0.1, 0.15) is 25.7 Å². The summed E-state index contributed by atoms with van der Waals surface area (Å²) in [7, 11) is 3.28. The summed E-state index contributed by atoms with van der Waals surface area (Å²) in [5.41, 5.74) is 0.957. The van der Waals surface area contributed by atoms with Gasteiger partial charge in [0.2, 0.25) is 0 Å². The fourth-order valence-electron chi connectivity index (χ4n) is 2.44. The standard InChI is InChI=1S/C14H21NO3/c1-17-13-5-3-4-12(14(13)18-2)15-10-6-8-11(16)9-7-10/h3-5,10-11,15-16H,6-9H2,1-2H3. The molecule has 1 saturated carbocycles. The van der Waals surface area contributed by atoms with E-state index in [-0.39, 0.29) is 6.10 Å². The molecule has 0 radical (unpaired) electrons. The Morgan fingerprint density at radius 1 is 1.11 bits per heavy atom. The van der Waals surface area contributed by atoms with E-state index in [2.05, 4.69) is 5.32 Å². The maximum atomic E-state index is 9.50. The molecule has 2 N–H and O–H groups in total. The van der Waals surface area contributed by atoms with Gasteiger partial charge in [0, 0.05) is 6.04 Å². The number of rotatable bonds is 4. The van der Waals surface area contributed by atoms with Crippen molar-refractivity contribution in [3.63, 3.8) is 0 Å². The van der Waals surface area contributed by atoms with Gasteiger partial charge in [-0.05, 0) is 37.8 Å². The first-order chi connectivity index (χ1) is 8.74. The van der Waals surface area contributed by atoms with Gasteiger partial charge < -0.3 is 19.9 Å². The van der Waals surface area contributed by atoms with Crippen molar-refractivity contribution in [2.24, 2.45) is 0 Å². The van der Waals surface area contributed by atoms with Crippen LogP contribution in [-0.2, 0) is 0 Å². The molecule has 1 aromatic rings. The van der Waals surface area contributed by atoms with E-state index in [0.717, 1.165) is 42.9 Å². The first-order valence-corrected chi connectivity index (χ1v) is 6.40. The van der Waals surface area contributed by atoms with E-state index in [1.165, 1.54) is 0 Å². The predicted molar refractivity (Wildman–Crippen MR) is 71.4 cm³/mol. The summed E-state index contributed by atoms with van der Waals surface area (Å²) < 4.78 is 10.7. The molecular weight excluding hydrogens is 230 g/mol. The lowest BCUT2D eigenvalue weighted by molar-refractivity contribution is 0.126. The number of aliphatic hydroxyl groups excluding tert-OH is 1. The molecular formula is C14H21NO3. The van der Waals surface area contributed by atoms with Gasteiger partial charge in [0.25, 0.3) is 0 Å². The molecule has 0 saturated heterocycles. The lowest BCUT2D eigenvalue weighted by Gasteiger charge is -2.27. The van der Waals surface area contributed by atoms with Gasteiger partial charge in [0.1, 0.15) is 0 Å². The van der Waals surface area contributed by atoms with Gasteiger partial charge in [-0.1, -0.05) is 6.07 Å². The molecule has 4 heteroatoms. The van der Waals surface area contributed by atoms with E-state index in [0.29, 0.717) is 6.04 Å². The summed E-state index contributed by atoms with van der Waals surface area (Å²) in [6.45, 7) is 0. The van der Waals surface area contributed by atoms with E-state index in [4.69, 9.17) is 9.47 Å². The smallest absolute Gasteiger partial charge is 0.183 e. The number of nitrogens with one attached hydrogen (secondary N) is 1. The van der Waals surface area contributed by atoms with E-state index in [1.807, 2.05) is 18.2 Å². The summed E-state index contributed by atoms with van der Waals surface area (Å²) in [4.78, 5) is 0. The van der Waals surface area contributed by atoms with Crippen molar-refractivity contribution in [2.45, 2.75) is 37.8 Å². The van der Waals surface area contributed by atoms with Gasteiger partial charge in [-0.15, -0.1) is 0 Å². The fraction of sp³-hybridized carbons (Fsp3) is 0.571. The quantitative estimate of drug-likeness (QED) is 0.863. The van der Waals surface area contributed by atoms with Crippen molar-refractivity contribution >= 4 is 5.69 Å². The Morgan fingerprint density at radius 3 is 2.44 bits per heavy atom. The lowest BCUT2D eigenvalue weighted by atomic mass is 9.93. The molecule has 0 bridgehead atoms. The monoisotopic (exact) mass is 251 g/mol. The molecule has 1 aliphatic rings. The normalized spacial score (nSPS) is 23.5. The first-order valence-electron chi connectivity index (χ1n) is 6.40. The Kier molecular flexibility index (Phi) is 4.31. The maximum absolute atomic E-state index is 9.50. The molecule has 0 spiro atoms. The van der Waals surface area contributed by atoms with E-state index < -0.39 is 0 Å². The highest BCUT2D eigenvalue weighted by Gasteiger charge is 2.20. The third-order valence-corrected chi connectivity index (χ3v) is 3.46. The number of hydrogen-bond donors (Lipinski definition) is 2. The summed E-state index contributed by atoms with van der Waals surface area (Å²) >= 11 is 0. The highest BCUT2D eigenvalue weighted by atomic mass is 16.5. The van der Waals surface area contributed by atoms with Gasteiger partial charge in [0.15, 0.2) is 11.5 Å². The van der Waals surface area contributed by atoms with Crippen molar-refractivity contribution in [3.05, 3.63) is 18.2 Å². The molecule has 0 atom stereocenters. The number of aliphatic hydroxyl groups is 1. The minimum absolute atomic E-state index is 0.129. The molecule has 0 unspecified atom stereocenters. The molecule has 100 valence electrons. The van der Waals surface area contributed by atoms with Crippen molar-refractivity contribution in [1.29, 1.82) is 0 Å². The summed E-state index contributed by atoms with van der Waals surface area (Å²) in [6, 6.07) is 6.22. The molecule has 0 heterocycles. The van der Waals surface area contributed by atoms with Crippen LogP contribution in [0.4, 0.5) is 5.69 Å². The molecule has 2 rings (SSSR count). The van der Waals surface area contributed by atoms with E-state index >= 15 is 0 Å². The zero-order chi connectivity index (χ0) is 13.0. The molecule has 1 aromatic carbocycles. The van der Waals surface area contributed by atoms with Gasteiger partial charge in [-0.3, -0.25) is 0 Å². The van der Waals surface area contributed by atoms with Crippen molar-refractivity contribution in [3.8, 4) is 11.5 Å². The summed E-state index contributed by atoms with van der Waals surface area (Å²) in [6.07, 6.45) is 3.58. The van der Waals surface area contributed by atoms with Gasteiger partial charge >= 0.3 is 0 Å². The number of hydrogen-bond acceptors (Lipinski definition) is 4. The average molecular weight is 251 g/mol. The summed E-state index contributed by atoms with van der Waals surface area (Å²) in [5, 5.41) is 13.0. The molecule has 0 aliphatic heterocycles. The van der Waals surface area contributed by atoms with Crippen LogP contribution in [0, 0.1) is 0 Å².